The minimum atomic E-state index is -0.389. The van der Waals surface area contributed by atoms with Crippen molar-refractivity contribution in [2.75, 3.05) is 6.54 Å². The maximum absolute atomic E-state index is 10.5. The highest BCUT2D eigenvalue weighted by Gasteiger charge is 2.46. The Balaban J connectivity index is 1.79. The predicted molar refractivity (Wildman–Crippen MR) is 73.0 cm³/mol. The number of rotatable bonds is 5. The molecule has 1 aromatic rings. The number of nitro benzene ring substituents is 1. The Morgan fingerprint density at radius 2 is 2.05 bits per heavy atom. The van der Waals surface area contributed by atoms with Crippen molar-refractivity contribution >= 4 is 5.69 Å². The van der Waals surface area contributed by atoms with Gasteiger partial charge in [-0.15, -0.1) is 0 Å². The van der Waals surface area contributed by atoms with Gasteiger partial charge in [0, 0.05) is 23.6 Å². The van der Waals surface area contributed by atoms with E-state index in [1.807, 2.05) is 0 Å². The van der Waals surface area contributed by atoms with Crippen molar-refractivity contribution in [2.45, 2.75) is 38.8 Å². The van der Waals surface area contributed by atoms with Crippen LogP contribution in [0.15, 0.2) is 24.3 Å². The first-order valence-electron chi connectivity index (χ1n) is 6.56. The normalized spacial score (nSPS) is 24.8. The van der Waals surface area contributed by atoms with Gasteiger partial charge in [0.1, 0.15) is 0 Å². The molecule has 0 heterocycles. The van der Waals surface area contributed by atoms with Crippen molar-refractivity contribution in [3.05, 3.63) is 39.9 Å². The fourth-order valence-corrected chi connectivity index (χ4v) is 2.42. The Morgan fingerprint density at radius 1 is 1.42 bits per heavy atom. The molecule has 0 radical (unpaired) electrons. The third kappa shape index (κ3) is 2.93. The molecule has 1 aromatic carbocycles. The lowest BCUT2D eigenvalue weighted by atomic mass is 9.64. The van der Waals surface area contributed by atoms with Gasteiger partial charge in [-0.3, -0.25) is 10.1 Å². The molecule has 0 amide bonds. The smallest absolute Gasteiger partial charge is 0.269 e. The Morgan fingerprint density at radius 3 is 2.53 bits per heavy atom. The minimum Gasteiger partial charge on any atom is -0.392 e. The van der Waals surface area contributed by atoms with Crippen molar-refractivity contribution in [1.82, 2.24) is 5.32 Å². The molecule has 1 aliphatic rings. The molecule has 0 aliphatic heterocycles. The van der Waals surface area contributed by atoms with Crippen LogP contribution in [0.2, 0.25) is 0 Å². The zero-order chi connectivity index (χ0) is 14.0. The zero-order valence-corrected chi connectivity index (χ0v) is 11.3. The standard InChI is InChI=1S/C14H20N2O3/c1-14(2)12(9-13(14)17)15-8-7-10-3-5-11(6-4-10)16(18)19/h3-6,12-13,15,17H,7-9H2,1-2H3. The molecule has 2 rings (SSSR count). The largest absolute Gasteiger partial charge is 0.392 e. The Kier molecular flexibility index (Phi) is 3.87. The van der Waals surface area contributed by atoms with Crippen LogP contribution in [0.1, 0.15) is 25.8 Å². The average Bonchev–Trinajstić information content (AvgIpc) is 2.38. The number of benzene rings is 1. The number of aliphatic hydroxyl groups is 1. The van der Waals surface area contributed by atoms with Crippen molar-refractivity contribution < 1.29 is 10.0 Å². The molecule has 5 heteroatoms. The topological polar surface area (TPSA) is 75.4 Å². The van der Waals surface area contributed by atoms with E-state index in [0.29, 0.717) is 6.04 Å². The van der Waals surface area contributed by atoms with Gasteiger partial charge < -0.3 is 10.4 Å². The molecule has 19 heavy (non-hydrogen) atoms. The first-order valence-corrected chi connectivity index (χ1v) is 6.56. The van der Waals surface area contributed by atoms with Crippen molar-refractivity contribution in [2.24, 2.45) is 5.41 Å². The van der Waals surface area contributed by atoms with E-state index >= 15 is 0 Å². The van der Waals surface area contributed by atoms with Gasteiger partial charge in [-0.2, -0.15) is 0 Å². The third-order valence-electron chi connectivity index (χ3n) is 4.17. The molecule has 2 N–H and O–H groups in total. The first-order chi connectivity index (χ1) is 8.91. The summed E-state index contributed by atoms with van der Waals surface area (Å²) in [6.07, 6.45) is 1.41. The summed E-state index contributed by atoms with van der Waals surface area (Å²) >= 11 is 0. The van der Waals surface area contributed by atoms with E-state index in [-0.39, 0.29) is 22.1 Å². The fourth-order valence-electron chi connectivity index (χ4n) is 2.42. The molecule has 0 aromatic heterocycles. The second-order valence-electron chi connectivity index (χ2n) is 5.75. The van der Waals surface area contributed by atoms with Crippen molar-refractivity contribution in [1.29, 1.82) is 0 Å². The van der Waals surface area contributed by atoms with Crippen LogP contribution in [0, 0.1) is 15.5 Å². The number of hydrogen-bond donors (Lipinski definition) is 2. The van der Waals surface area contributed by atoms with Crippen molar-refractivity contribution in [3.63, 3.8) is 0 Å². The van der Waals surface area contributed by atoms with Crippen LogP contribution in [0.5, 0.6) is 0 Å². The summed E-state index contributed by atoms with van der Waals surface area (Å²) in [6, 6.07) is 7.00. The highest BCUT2D eigenvalue weighted by molar-refractivity contribution is 5.32. The molecular weight excluding hydrogens is 244 g/mol. The molecule has 1 fully saturated rings. The van der Waals surface area contributed by atoms with Crippen molar-refractivity contribution in [3.8, 4) is 0 Å². The summed E-state index contributed by atoms with van der Waals surface area (Å²) in [5.74, 6) is 0. The Labute approximate surface area is 112 Å². The molecule has 1 aliphatic carbocycles. The van der Waals surface area contributed by atoms with E-state index in [0.717, 1.165) is 24.9 Å². The SMILES string of the molecule is CC1(C)C(O)CC1NCCc1ccc([N+](=O)[O-])cc1. The predicted octanol–water partition coefficient (Wildman–Crippen LogP) is 1.89. The molecule has 0 spiro atoms. The number of nitro groups is 1. The van der Waals surface area contributed by atoms with Gasteiger partial charge in [0.25, 0.3) is 5.69 Å². The quantitative estimate of drug-likeness (QED) is 0.629. The van der Waals surface area contributed by atoms with E-state index in [4.69, 9.17) is 0 Å². The molecule has 5 nitrogen and oxygen atoms in total. The Bertz CT molecular complexity index is 456. The molecule has 0 saturated heterocycles. The summed E-state index contributed by atoms with van der Waals surface area (Å²) in [6.45, 7) is 4.94. The monoisotopic (exact) mass is 264 g/mol. The van der Waals surface area contributed by atoms with Crippen LogP contribution < -0.4 is 5.32 Å². The second kappa shape index (κ2) is 5.27. The molecule has 104 valence electrons. The van der Waals surface area contributed by atoms with Crippen LogP contribution in [-0.4, -0.2) is 28.7 Å². The van der Waals surface area contributed by atoms with Crippen LogP contribution in [-0.2, 0) is 6.42 Å². The van der Waals surface area contributed by atoms with Gasteiger partial charge in [0.2, 0.25) is 0 Å². The minimum absolute atomic E-state index is 0.0600. The van der Waals surface area contributed by atoms with Crippen LogP contribution in [0.4, 0.5) is 5.69 Å². The lowest BCUT2D eigenvalue weighted by molar-refractivity contribution is -0.384. The number of nitrogens with zero attached hydrogens (tertiary/aromatic N) is 1. The van der Waals surface area contributed by atoms with Gasteiger partial charge in [0.15, 0.2) is 0 Å². The fraction of sp³-hybridized carbons (Fsp3) is 0.571. The van der Waals surface area contributed by atoms with E-state index in [1.54, 1.807) is 12.1 Å². The van der Waals surface area contributed by atoms with Gasteiger partial charge >= 0.3 is 0 Å². The average molecular weight is 264 g/mol. The van der Waals surface area contributed by atoms with Gasteiger partial charge in [0.05, 0.1) is 11.0 Å². The first kappa shape index (κ1) is 14.0. The van der Waals surface area contributed by atoms with Gasteiger partial charge in [-0.1, -0.05) is 26.0 Å². The number of non-ortho nitro benzene ring substituents is 1. The van der Waals surface area contributed by atoms with E-state index < -0.39 is 0 Å². The third-order valence-corrected chi connectivity index (χ3v) is 4.17. The Hall–Kier alpha value is -1.46. The second-order valence-corrected chi connectivity index (χ2v) is 5.75. The summed E-state index contributed by atoms with van der Waals surface area (Å²) in [5, 5.41) is 23.6. The summed E-state index contributed by atoms with van der Waals surface area (Å²) in [4.78, 5) is 10.1. The summed E-state index contributed by atoms with van der Waals surface area (Å²) < 4.78 is 0. The van der Waals surface area contributed by atoms with Gasteiger partial charge in [-0.25, -0.2) is 0 Å². The molecule has 0 bridgehead atoms. The van der Waals surface area contributed by atoms with E-state index in [2.05, 4.69) is 19.2 Å². The summed E-state index contributed by atoms with van der Waals surface area (Å²) in [7, 11) is 0. The van der Waals surface area contributed by atoms with E-state index in [9.17, 15) is 15.2 Å². The number of nitrogens with one attached hydrogen (secondary N) is 1. The molecular formula is C14H20N2O3. The number of hydrogen-bond acceptors (Lipinski definition) is 4. The molecule has 2 unspecified atom stereocenters. The lowest BCUT2D eigenvalue weighted by Crippen LogP contribution is -2.60. The highest BCUT2D eigenvalue weighted by atomic mass is 16.6. The van der Waals surface area contributed by atoms with Crippen LogP contribution in [0.3, 0.4) is 0 Å². The summed E-state index contributed by atoms with van der Waals surface area (Å²) in [5.41, 5.74) is 1.14. The molecule has 2 atom stereocenters. The maximum atomic E-state index is 10.5. The van der Waals surface area contributed by atoms with E-state index in [1.165, 1.54) is 12.1 Å². The zero-order valence-electron chi connectivity index (χ0n) is 11.3. The van der Waals surface area contributed by atoms with Crippen LogP contribution >= 0.6 is 0 Å². The van der Waals surface area contributed by atoms with Gasteiger partial charge in [-0.05, 0) is 24.9 Å². The maximum Gasteiger partial charge on any atom is 0.269 e. The lowest BCUT2D eigenvalue weighted by Gasteiger charge is -2.49. The van der Waals surface area contributed by atoms with Crippen LogP contribution in [0.25, 0.3) is 0 Å². The highest BCUT2D eigenvalue weighted by Crippen LogP contribution is 2.40. The molecule has 1 saturated carbocycles. The number of aliphatic hydroxyl groups excluding tert-OH is 1.